The second kappa shape index (κ2) is 7.91. The van der Waals surface area contributed by atoms with E-state index >= 15 is 0 Å². The largest absolute Gasteiger partial charge is 0.391 e. The quantitative estimate of drug-likeness (QED) is 0.180. The van der Waals surface area contributed by atoms with Crippen LogP contribution in [-0.4, -0.2) is 5.71 Å². The second-order valence-electron chi connectivity index (χ2n) is 4.97. The van der Waals surface area contributed by atoms with E-state index in [4.69, 9.17) is 0 Å². The third kappa shape index (κ3) is 4.54. The summed E-state index contributed by atoms with van der Waals surface area (Å²) in [6.45, 7) is 4.67. The Morgan fingerprint density at radius 2 is 1.41 bits per heavy atom. The van der Waals surface area contributed by atoms with Crippen LogP contribution in [0.3, 0.4) is 0 Å². The molecule has 0 amide bonds. The maximum atomic E-state index is 13.4. The van der Waals surface area contributed by atoms with Crippen LogP contribution < -0.4 is 0 Å². The highest BCUT2D eigenvalue weighted by Crippen LogP contribution is 2.23. The lowest BCUT2D eigenvalue weighted by atomic mass is 10.2. The van der Waals surface area contributed by atoms with Crippen molar-refractivity contribution in [2.24, 2.45) is 5.16 Å². The predicted octanol–water partition coefficient (Wildman–Crippen LogP) is 5.02. The summed E-state index contributed by atoms with van der Waals surface area (Å²) < 4.78 is 65.5. The van der Waals surface area contributed by atoms with Gasteiger partial charge in [-0.3, -0.25) is 0 Å². The topological polar surface area (TPSA) is 21.6 Å². The summed E-state index contributed by atoms with van der Waals surface area (Å²) in [6, 6.07) is 0. The number of nitrogens with zero attached hydrogens (tertiary/aromatic N) is 1. The van der Waals surface area contributed by atoms with Crippen LogP contribution in [0.2, 0.25) is 0 Å². The Morgan fingerprint density at radius 1 is 0.909 bits per heavy atom. The highest BCUT2D eigenvalue weighted by Gasteiger charge is 2.25. The first kappa shape index (κ1) is 18.1. The Kier molecular flexibility index (Phi) is 6.52. The summed E-state index contributed by atoms with van der Waals surface area (Å²) in [6.07, 6.45) is 3.24. The fourth-order valence-corrected chi connectivity index (χ4v) is 1.60. The van der Waals surface area contributed by atoms with Gasteiger partial charge in [-0.2, -0.15) is 0 Å². The van der Waals surface area contributed by atoms with Crippen molar-refractivity contribution in [2.75, 3.05) is 0 Å². The maximum absolute atomic E-state index is 13.4. The van der Waals surface area contributed by atoms with E-state index in [1.807, 2.05) is 19.9 Å². The molecule has 0 aliphatic rings. The van der Waals surface area contributed by atoms with E-state index in [1.54, 1.807) is 6.92 Å². The Balaban J connectivity index is 2.75. The first-order valence-corrected chi connectivity index (χ1v) is 6.54. The molecule has 0 aliphatic heterocycles. The zero-order valence-corrected chi connectivity index (χ0v) is 12.4. The van der Waals surface area contributed by atoms with Crippen molar-refractivity contribution in [3.63, 3.8) is 0 Å². The van der Waals surface area contributed by atoms with Gasteiger partial charge >= 0.3 is 0 Å². The van der Waals surface area contributed by atoms with E-state index in [0.29, 0.717) is 18.6 Å². The van der Waals surface area contributed by atoms with E-state index < -0.39 is 41.3 Å². The smallest absolute Gasteiger partial charge is 0.200 e. The molecular weight excluding hydrogens is 305 g/mol. The molecule has 0 spiro atoms. The first-order chi connectivity index (χ1) is 10.3. The van der Waals surface area contributed by atoms with Gasteiger partial charge in [0.15, 0.2) is 23.3 Å². The van der Waals surface area contributed by atoms with Gasteiger partial charge in [0, 0.05) is 0 Å². The molecule has 7 heteroatoms. The minimum absolute atomic E-state index is 0.543. The fraction of sp³-hybridized carbons (Fsp3) is 0.400. The summed E-state index contributed by atoms with van der Waals surface area (Å²) in [7, 11) is 0. The van der Waals surface area contributed by atoms with Gasteiger partial charge in [-0.15, -0.1) is 0 Å². The van der Waals surface area contributed by atoms with Crippen LogP contribution >= 0.6 is 0 Å². The number of hydrogen-bond donors (Lipinski definition) is 0. The van der Waals surface area contributed by atoms with Crippen LogP contribution in [0.1, 0.15) is 39.2 Å². The standard InChI is InChI=1S/C15H16F5NO/c1-8(2)5-4-6-9(3)21-22-7-10-11(16)13(18)15(20)14(19)12(10)17/h5H,4,6-7H2,1-3H3/b21-9+. The third-order valence-corrected chi connectivity index (χ3v) is 2.79. The molecule has 0 saturated heterocycles. The van der Waals surface area contributed by atoms with Crippen LogP contribution in [0.15, 0.2) is 16.8 Å². The summed E-state index contributed by atoms with van der Waals surface area (Å²) in [5, 5.41) is 3.60. The van der Waals surface area contributed by atoms with E-state index in [9.17, 15) is 22.0 Å². The van der Waals surface area contributed by atoms with E-state index in [1.165, 1.54) is 0 Å². The Morgan fingerprint density at radius 3 is 1.91 bits per heavy atom. The molecule has 0 aromatic heterocycles. The van der Waals surface area contributed by atoms with Crippen LogP contribution in [-0.2, 0) is 11.4 Å². The van der Waals surface area contributed by atoms with Crippen molar-refractivity contribution in [3.05, 3.63) is 46.3 Å². The summed E-state index contributed by atoms with van der Waals surface area (Å²) in [5.74, 6) is -10.0. The predicted molar refractivity (Wildman–Crippen MR) is 72.8 cm³/mol. The Bertz CT molecular complexity index is 577. The SMILES string of the molecule is CC(C)=CCC/C(C)=N/OCc1c(F)c(F)c(F)c(F)c1F. The zero-order valence-electron chi connectivity index (χ0n) is 12.4. The van der Waals surface area contributed by atoms with Gasteiger partial charge in [0.25, 0.3) is 0 Å². The molecule has 22 heavy (non-hydrogen) atoms. The van der Waals surface area contributed by atoms with E-state index in [2.05, 4.69) is 9.99 Å². The highest BCUT2D eigenvalue weighted by molar-refractivity contribution is 5.81. The van der Waals surface area contributed by atoms with Gasteiger partial charge in [0.2, 0.25) is 5.82 Å². The van der Waals surface area contributed by atoms with Crippen molar-refractivity contribution < 1.29 is 26.8 Å². The molecule has 1 rings (SSSR count). The van der Waals surface area contributed by atoms with Gasteiger partial charge in [0.1, 0.15) is 6.61 Å². The molecule has 122 valence electrons. The van der Waals surface area contributed by atoms with E-state index in [0.717, 1.165) is 5.57 Å². The first-order valence-electron chi connectivity index (χ1n) is 6.54. The third-order valence-electron chi connectivity index (χ3n) is 2.79. The minimum Gasteiger partial charge on any atom is -0.391 e. The zero-order chi connectivity index (χ0) is 16.9. The normalized spacial score (nSPS) is 11.5. The van der Waals surface area contributed by atoms with Crippen LogP contribution in [0, 0.1) is 29.1 Å². The monoisotopic (exact) mass is 321 g/mol. The molecule has 1 aromatic carbocycles. The van der Waals surface area contributed by atoms with Crippen molar-refractivity contribution in [3.8, 4) is 0 Å². The molecule has 0 unspecified atom stereocenters. The number of halogens is 5. The number of allylic oxidation sites excluding steroid dienone is 2. The molecule has 0 bridgehead atoms. The molecule has 1 aromatic rings. The van der Waals surface area contributed by atoms with Crippen molar-refractivity contribution in [1.82, 2.24) is 0 Å². The van der Waals surface area contributed by atoms with Crippen LogP contribution in [0.25, 0.3) is 0 Å². The lowest BCUT2D eigenvalue weighted by molar-refractivity contribution is 0.122. The molecule has 0 fully saturated rings. The lowest BCUT2D eigenvalue weighted by Gasteiger charge is -2.07. The summed E-state index contributed by atoms with van der Waals surface area (Å²) >= 11 is 0. The molecule has 2 nitrogen and oxygen atoms in total. The van der Waals surface area contributed by atoms with Crippen molar-refractivity contribution >= 4 is 5.71 Å². The maximum Gasteiger partial charge on any atom is 0.200 e. The van der Waals surface area contributed by atoms with Gasteiger partial charge in [-0.25, -0.2) is 22.0 Å². The molecule has 0 heterocycles. The Labute approximate surface area is 125 Å². The molecule has 0 N–H and O–H groups in total. The summed E-state index contributed by atoms with van der Waals surface area (Å²) in [4.78, 5) is 4.68. The molecule has 0 saturated carbocycles. The average molecular weight is 321 g/mol. The van der Waals surface area contributed by atoms with E-state index in [-0.39, 0.29) is 0 Å². The average Bonchev–Trinajstić information content (AvgIpc) is 2.46. The second-order valence-corrected chi connectivity index (χ2v) is 4.97. The van der Waals surface area contributed by atoms with Gasteiger partial charge in [-0.05, 0) is 33.6 Å². The number of hydrogen-bond acceptors (Lipinski definition) is 2. The number of oxime groups is 1. The number of benzene rings is 1. The fourth-order valence-electron chi connectivity index (χ4n) is 1.60. The van der Waals surface area contributed by atoms with Gasteiger partial charge < -0.3 is 4.84 Å². The minimum atomic E-state index is -2.19. The van der Waals surface area contributed by atoms with Gasteiger partial charge in [-0.1, -0.05) is 16.8 Å². The Hall–Kier alpha value is -1.92. The van der Waals surface area contributed by atoms with Crippen molar-refractivity contribution in [2.45, 2.75) is 40.2 Å². The van der Waals surface area contributed by atoms with Crippen molar-refractivity contribution in [1.29, 1.82) is 0 Å². The van der Waals surface area contributed by atoms with Gasteiger partial charge in [0.05, 0.1) is 11.3 Å². The number of rotatable bonds is 6. The van der Waals surface area contributed by atoms with Crippen LogP contribution in [0.5, 0.6) is 0 Å². The molecular formula is C15H16F5NO. The molecule has 0 atom stereocenters. The summed E-state index contributed by atoms with van der Waals surface area (Å²) in [5.41, 5.74) is 0.633. The highest BCUT2D eigenvalue weighted by atomic mass is 19.2. The van der Waals surface area contributed by atoms with Crippen LogP contribution in [0.4, 0.5) is 22.0 Å². The molecule has 0 radical (unpaired) electrons. The molecule has 0 aliphatic carbocycles. The lowest BCUT2D eigenvalue weighted by Crippen LogP contribution is -2.08.